The van der Waals surface area contributed by atoms with Crippen LogP contribution in [0, 0.1) is 0 Å². The first-order chi connectivity index (χ1) is 5.54. The Hall–Kier alpha value is -0.240. The summed E-state index contributed by atoms with van der Waals surface area (Å²) in [6, 6.07) is 0. The van der Waals surface area contributed by atoms with Crippen molar-refractivity contribution in [2.45, 2.75) is 24.4 Å². The van der Waals surface area contributed by atoms with Gasteiger partial charge in [-0.15, -0.1) is 0 Å². The van der Waals surface area contributed by atoms with E-state index in [1.54, 1.807) is 0 Å². The molecule has 0 radical (unpaired) electrons. The second kappa shape index (κ2) is 5.41. The lowest BCUT2D eigenvalue weighted by Crippen LogP contribution is -2.46. The number of hydrogen-bond acceptors (Lipinski definition) is 6. The summed E-state index contributed by atoms with van der Waals surface area (Å²) < 4.78 is 0. The van der Waals surface area contributed by atoms with Gasteiger partial charge in [-0.05, 0) is 0 Å². The quantitative estimate of drug-likeness (QED) is 0.246. The maximum atomic E-state index is 8.96. The van der Waals surface area contributed by atoms with E-state index in [-0.39, 0.29) is 0 Å². The zero-order valence-electron chi connectivity index (χ0n) is 6.41. The molecule has 6 N–H and O–H groups in total. The van der Waals surface area contributed by atoms with Gasteiger partial charge in [0.05, 0.1) is 13.2 Å². The second-order valence-corrected chi connectivity index (χ2v) is 2.48. The van der Waals surface area contributed by atoms with Crippen molar-refractivity contribution in [3.05, 3.63) is 0 Å². The monoisotopic (exact) mass is 185 g/mol. The van der Waals surface area contributed by atoms with Gasteiger partial charge in [0.1, 0.15) is 24.4 Å². The van der Waals surface area contributed by atoms with E-state index in [0.717, 1.165) is 0 Å². The van der Waals surface area contributed by atoms with E-state index >= 15 is 0 Å². The van der Waals surface area contributed by atoms with Crippen LogP contribution in [0.3, 0.4) is 0 Å². The van der Waals surface area contributed by atoms with Gasteiger partial charge in [-0.25, -0.2) is 0 Å². The smallest absolute Gasteiger partial charge is 0.111 e. The van der Waals surface area contributed by atoms with Crippen molar-refractivity contribution < 1.29 is 30.6 Å². The molecule has 6 nitrogen and oxygen atoms in total. The summed E-state index contributed by atoms with van der Waals surface area (Å²) in [6.07, 6.45) is -6.39. The average Bonchev–Trinajstić information content (AvgIpc) is 2.12. The van der Waals surface area contributed by atoms with Crippen LogP contribution < -0.4 is 0 Å². The van der Waals surface area contributed by atoms with Crippen LogP contribution in [-0.2, 0) is 0 Å². The standard InChI is InChI=1S/C6H14O6/c7-1-3(9)5(11)6(12)4(10)2-8/h3-12H,1-2H2/t3-,4+,5-,6-/m1/s1/i1+1,3+1,5+1. The van der Waals surface area contributed by atoms with Gasteiger partial charge in [-0.3, -0.25) is 0 Å². The third-order valence-corrected chi connectivity index (χ3v) is 1.51. The molecule has 0 rings (SSSR count). The highest BCUT2D eigenvalue weighted by Crippen LogP contribution is 2.03. The summed E-state index contributed by atoms with van der Waals surface area (Å²) in [6.45, 7) is -1.45. The van der Waals surface area contributed by atoms with Crippen molar-refractivity contribution in [3.63, 3.8) is 0 Å². The lowest BCUT2D eigenvalue weighted by Gasteiger charge is -2.24. The predicted molar refractivity (Wildman–Crippen MR) is 38.2 cm³/mol. The Balaban J connectivity index is 3.99. The molecule has 0 amide bonds. The van der Waals surface area contributed by atoms with Crippen LogP contribution in [0.2, 0.25) is 0 Å². The van der Waals surface area contributed by atoms with Gasteiger partial charge in [-0.2, -0.15) is 0 Å². The summed E-state index contributed by atoms with van der Waals surface area (Å²) in [5.74, 6) is 0. The van der Waals surface area contributed by atoms with E-state index < -0.39 is 37.6 Å². The van der Waals surface area contributed by atoms with Crippen LogP contribution in [0.15, 0.2) is 0 Å². The molecular weight excluding hydrogens is 171 g/mol. The first-order valence-corrected chi connectivity index (χ1v) is 3.48. The van der Waals surface area contributed by atoms with Gasteiger partial charge in [0, 0.05) is 0 Å². The zero-order chi connectivity index (χ0) is 9.72. The maximum Gasteiger partial charge on any atom is 0.111 e. The molecule has 0 unspecified atom stereocenters. The molecule has 0 aromatic heterocycles. The van der Waals surface area contributed by atoms with Gasteiger partial charge < -0.3 is 30.6 Å². The van der Waals surface area contributed by atoms with E-state index in [2.05, 4.69) is 0 Å². The fraction of sp³-hybridized carbons (Fsp3) is 1.00. The lowest BCUT2D eigenvalue weighted by molar-refractivity contribution is -0.123. The van der Waals surface area contributed by atoms with Crippen molar-refractivity contribution >= 4 is 0 Å². The van der Waals surface area contributed by atoms with Crippen molar-refractivity contribution in [1.29, 1.82) is 0 Å². The maximum absolute atomic E-state index is 8.96. The lowest BCUT2D eigenvalue weighted by atomic mass is 10.3. The van der Waals surface area contributed by atoms with Crippen LogP contribution >= 0.6 is 0 Å². The summed E-state index contributed by atoms with van der Waals surface area (Å²) in [4.78, 5) is 0. The fourth-order valence-corrected chi connectivity index (χ4v) is 0.671. The minimum absolute atomic E-state index is 0.726. The Morgan fingerprint density at radius 1 is 0.667 bits per heavy atom. The fourth-order valence-electron chi connectivity index (χ4n) is 0.671. The van der Waals surface area contributed by atoms with Crippen molar-refractivity contribution in [2.24, 2.45) is 0 Å². The van der Waals surface area contributed by atoms with Crippen LogP contribution in [0.25, 0.3) is 0 Å². The molecule has 0 fully saturated rings. The SMILES string of the molecule is OC[C@H](O)[C@@H](O)[13C@H](O)[13C@H](O)[13CH2]O. The zero-order valence-corrected chi connectivity index (χ0v) is 6.41. The molecule has 0 bridgehead atoms. The molecule has 12 heavy (non-hydrogen) atoms. The Labute approximate surface area is 69.3 Å². The van der Waals surface area contributed by atoms with E-state index in [1.807, 2.05) is 0 Å². The Morgan fingerprint density at radius 3 is 1.08 bits per heavy atom. The Morgan fingerprint density at radius 2 is 0.917 bits per heavy atom. The molecular formula is C6H14O6. The Kier molecular flexibility index (Phi) is 5.31. The van der Waals surface area contributed by atoms with Crippen molar-refractivity contribution in [3.8, 4) is 0 Å². The number of aliphatic hydroxyl groups excluding tert-OH is 6. The highest BCUT2D eigenvalue weighted by molar-refractivity contribution is 4.79. The second-order valence-electron chi connectivity index (χ2n) is 2.48. The first-order valence-electron chi connectivity index (χ1n) is 3.48. The van der Waals surface area contributed by atoms with Crippen molar-refractivity contribution in [2.75, 3.05) is 13.2 Å². The van der Waals surface area contributed by atoms with Crippen LogP contribution in [0.5, 0.6) is 0 Å². The van der Waals surface area contributed by atoms with Gasteiger partial charge >= 0.3 is 0 Å². The van der Waals surface area contributed by atoms with Gasteiger partial charge in [0.25, 0.3) is 0 Å². The van der Waals surface area contributed by atoms with E-state index in [9.17, 15) is 0 Å². The molecule has 0 aliphatic rings. The Bertz CT molecular complexity index is 105. The molecule has 0 spiro atoms. The predicted octanol–water partition coefficient (Wildman–Crippen LogP) is -3.59. The van der Waals surface area contributed by atoms with Crippen molar-refractivity contribution in [1.82, 2.24) is 0 Å². The van der Waals surface area contributed by atoms with Gasteiger partial charge in [-0.1, -0.05) is 0 Å². The molecule has 6 heteroatoms. The molecule has 74 valence electrons. The molecule has 0 aromatic rings. The van der Waals surface area contributed by atoms with Gasteiger partial charge in [0.15, 0.2) is 0 Å². The minimum atomic E-state index is -1.67. The van der Waals surface area contributed by atoms with E-state index in [1.165, 1.54) is 0 Å². The third-order valence-electron chi connectivity index (χ3n) is 1.51. The topological polar surface area (TPSA) is 121 Å². The van der Waals surface area contributed by atoms with E-state index in [0.29, 0.717) is 0 Å². The minimum Gasteiger partial charge on any atom is -0.394 e. The summed E-state index contributed by atoms with van der Waals surface area (Å²) in [5.41, 5.74) is 0. The molecule has 0 saturated heterocycles. The first kappa shape index (κ1) is 11.8. The number of hydrogen-bond donors (Lipinski definition) is 6. The average molecular weight is 185 g/mol. The van der Waals surface area contributed by atoms with Crippen LogP contribution in [0.4, 0.5) is 0 Å². The van der Waals surface area contributed by atoms with Gasteiger partial charge in [0.2, 0.25) is 0 Å². The number of rotatable bonds is 5. The van der Waals surface area contributed by atoms with Crippen LogP contribution in [-0.4, -0.2) is 68.3 Å². The molecule has 0 aliphatic carbocycles. The highest BCUT2D eigenvalue weighted by atomic mass is 16.5. The third kappa shape index (κ3) is 3.02. The highest BCUT2D eigenvalue weighted by Gasteiger charge is 2.29. The van der Waals surface area contributed by atoms with E-state index in [4.69, 9.17) is 30.6 Å². The molecule has 0 aliphatic heterocycles. The largest absolute Gasteiger partial charge is 0.394 e. The molecule has 0 aromatic carbocycles. The number of aliphatic hydroxyl groups is 6. The summed E-state index contributed by atoms with van der Waals surface area (Å²) in [5, 5.41) is 52.2. The molecule has 4 atom stereocenters. The summed E-state index contributed by atoms with van der Waals surface area (Å²) >= 11 is 0. The molecule has 0 heterocycles. The normalized spacial score (nSPS) is 21.5. The molecule has 0 saturated carbocycles. The summed E-state index contributed by atoms with van der Waals surface area (Å²) in [7, 11) is 0. The van der Waals surface area contributed by atoms with Crippen LogP contribution in [0.1, 0.15) is 0 Å².